The van der Waals surface area contributed by atoms with Gasteiger partial charge in [0.1, 0.15) is 17.2 Å². The molecule has 1 N–H and O–H groups in total. The summed E-state index contributed by atoms with van der Waals surface area (Å²) >= 11 is 7.37. The van der Waals surface area contributed by atoms with Gasteiger partial charge in [0.25, 0.3) is 0 Å². The van der Waals surface area contributed by atoms with Crippen molar-refractivity contribution in [3.8, 4) is 5.75 Å². The largest absolute Gasteiger partial charge is 0.487 e. The van der Waals surface area contributed by atoms with E-state index in [1.54, 1.807) is 12.1 Å². The van der Waals surface area contributed by atoms with E-state index >= 15 is 0 Å². The van der Waals surface area contributed by atoms with Crippen molar-refractivity contribution in [3.05, 3.63) is 64.4 Å². The van der Waals surface area contributed by atoms with Crippen molar-refractivity contribution in [1.82, 2.24) is 5.32 Å². The summed E-state index contributed by atoms with van der Waals surface area (Å²) < 4.78 is 19.8. The summed E-state index contributed by atoms with van der Waals surface area (Å²) in [6.07, 6.45) is 0.694. The molecule has 0 fully saturated rings. The Bertz CT molecular complexity index is 792. The van der Waals surface area contributed by atoms with Crippen LogP contribution in [0.2, 0.25) is 5.02 Å². The number of hydrogen-bond donors (Lipinski definition) is 1. The topological polar surface area (TPSA) is 38.3 Å². The Morgan fingerprint density at radius 1 is 1.31 bits per heavy atom. The number of nitrogens with one attached hydrogen (secondary N) is 1. The first kappa shape index (κ1) is 19.1. The minimum Gasteiger partial charge on any atom is -0.487 e. The fourth-order valence-corrected chi connectivity index (χ4v) is 4.26. The van der Waals surface area contributed by atoms with Crippen LogP contribution in [0.15, 0.2) is 42.5 Å². The highest BCUT2D eigenvalue weighted by atomic mass is 35.5. The lowest BCUT2D eigenvalue weighted by Gasteiger charge is -2.37. The van der Waals surface area contributed by atoms with Gasteiger partial charge in [-0.2, -0.15) is 0 Å². The predicted octanol–water partition coefficient (Wildman–Crippen LogP) is 5.13. The van der Waals surface area contributed by atoms with E-state index in [0.29, 0.717) is 22.8 Å². The Balaban J connectivity index is 1.60. The number of ether oxygens (including phenoxy) is 1. The fourth-order valence-electron chi connectivity index (χ4n) is 3.08. The number of benzene rings is 2. The number of para-hydroxylation sites is 1. The summed E-state index contributed by atoms with van der Waals surface area (Å²) in [4.78, 5) is 12.4. The van der Waals surface area contributed by atoms with Gasteiger partial charge < -0.3 is 10.1 Å². The van der Waals surface area contributed by atoms with E-state index < -0.39 is 0 Å². The molecular formula is C20H21ClFNO2S. The van der Waals surface area contributed by atoms with Gasteiger partial charge in [-0.25, -0.2) is 4.39 Å². The van der Waals surface area contributed by atoms with Crippen molar-refractivity contribution >= 4 is 29.3 Å². The number of thioether (sulfide) groups is 1. The summed E-state index contributed by atoms with van der Waals surface area (Å²) in [5.41, 5.74) is 1.08. The lowest BCUT2D eigenvalue weighted by atomic mass is 9.90. The first-order chi connectivity index (χ1) is 12.4. The number of carbonyl (C=O) groups is 1. The van der Waals surface area contributed by atoms with Crippen LogP contribution in [0.4, 0.5) is 4.39 Å². The number of halogens is 2. The maximum absolute atomic E-state index is 13.8. The molecule has 0 aliphatic carbocycles. The van der Waals surface area contributed by atoms with Crippen molar-refractivity contribution in [2.75, 3.05) is 5.75 Å². The summed E-state index contributed by atoms with van der Waals surface area (Å²) in [6, 6.07) is 12.3. The molecule has 0 saturated heterocycles. The minimum absolute atomic E-state index is 0.0834. The summed E-state index contributed by atoms with van der Waals surface area (Å²) in [5, 5.41) is 3.47. The summed E-state index contributed by atoms with van der Waals surface area (Å²) in [5.74, 6) is 0.977. The van der Waals surface area contributed by atoms with Crippen LogP contribution >= 0.6 is 23.4 Å². The Morgan fingerprint density at radius 3 is 2.85 bits per heavy atom. The third-order valence-electron chi connectivity index (χ3n) is 4.25. The van der Waals surface area contributed by atoms with Gasteiger partial charge in [0.2, 0.25) is 5.91 Å². The Morgan fingerprint density at radius 2 is 2.08 bits per heavy atom. The summed E-state index contributed by atoms with van der Waals surface area (Å²) in [6.45, 7) is 4.02. The van der Waals surface area contributed by atoms with E-state index in [4.69, 9.17) is 16.3 Å². The van der Waals surface area contributed by atoms with E-state index in [2.05, 4.69) is 5.32 Å². The first-order valence-corrected chi connectivity index (χ1v) is 9.97. The monoisotopic (exact) mass is 393 g/mol. The average Bonchev–Trinajstić information content (AvgIpc) is 2.56. The lowest BCUT2D eigenvalue weighted by molar-refractivity contribution is -0.119. The molecule has 0 bridgehead atoms. The molecule has 0 aromatic heterocycles. The second-order valence-electron chi connectivity index (χ2n) is 6.92. The van der Waals surface area contributed by atoms with Crippen LogP contribution in [0.3, 0.4) is 0 Å². The second-order valence-corrected chi connectivity index (χ2v) is 8.31. The van der Waals surface area contributed by atoms with Gasteiger partial charge in [0.05, 0.1) is 11.8 Å². The highest BCUT2D eigenvalue weighted by Gasteiger charge is 2.34. The molecule has 1 unspecified atom stereocenters. The van der Waals surface area contributed by atoms with E-state index in [1.807, 2.05) is 38.1 Å². The third kappa shape index (κ3) is 4.51. The molecule has 6 heteroatoms. The van der Waals surface area contributed by atoms with Crippen LogP contribution in [-0.2, 0) is 10.5 Å². The lowest BCUT2D eigenvalue weighted by Crippen LogP contribution is -2.41. The minimum atomic E-state index is -0.347. The van der Waals surface area contributed by atoms with Crippen molar-refractivity contribution in [2.45, 2.75) is 37.7 Å². The molecule has 3 rings (SSSR count). The van der Waals surface area contributed by atoms with Crippen molar-refractivity contribution in [1.29, 1.82) is 0 Å². The zero-order valence-electron chi connectivity index (χ0n) is 14.7. The molecule has 0 saturated carbocycles. The molecule has 1 heterocycles. The molecule has 1 amide bonds. The Kier molecular flexibility index (Phi) is 5.78. The van der Waals surface area contributed by atoms with Crippen LogP contribution < -0.4 is 10.1 Å². The van der Waals surface area contributed by atoms with Crippen LogP contribution in [0, 0.1) is 5.82 Å². The van der Waals surface area contributed by atoms with Crippen LogP contribution in [-0.4, -0.2) is 17.3 Å². The normalized spacial score (nSPS) is 17.9. The van der Waals surface area contributed by atoms with Crippen LogP contribution in [0.25, 0.3) is 0 Å². The van der Waals surface area contributed by atoms with Gasteiger partial charge in [0, 0.05) is 28.3 Å². The molecule has 0 radical (unpaired) electrons. The van der Waals surface area contributed by atoms with E-state index in [1.165, 1.54) is 17.8 Å². The van der Waals surface area contributed by atoms with Crippen molar-refractivity contribution < 1.29 is 13.9 Å². The smallest absolute Gasteiger partial charge is 0.230 e. The SMILES string of the molecule is CC1(C)CC(NC(=O)CSCc2c(F)cccc2Cl)c2ccccc2O1. The molecule has 2 aromatic rings. The third-order valence-corrected chi connectivity index (χ3v) is 5.57. The van der Waals surface area contributed by atoms with Gasteiger partial charge >= 0.3 is 0 Å². The molecule has 1 aliphatic rings. The fraction of sp³-hybridized carbons (Fsp3) is 0.350. The molecule has 1 aliphatic heterocycles. The van der Waals surface area contributed by atoms with Gasteiger partial charge in [-0.1, -0.05) is 35.9 Å². The number of amides is 1. The van der Waals surface area contributed by atoms with E-state index in [-0.39, 0.29) is 29.1 Å². The Labute approximate surface area is 162 Å². The van der Waals surface area contributed by atoms with Crippen molar-refractivity contribution in [2.24, 2.45) is 0 Å². The molecule has 26 heavy (non-hydrogen) atoms. The van der Waals surface area contributed by atoms with Gasteiger partial charge in [0.15, 0.2) is 0 Å². The van der Waals surface area contributed by atoms with Gasteiger partial charge in [-0.3, -0.25) is 4.79 Å². The van der Waals surface area contributed by atoms with E-state index in [9.17, 15) is 9.18 Å². The average molecular weight is 394 g/mol. The maximum atomic E-state index is 13.8. The predicted molar refractivity (Wildman–Crippen MR) is 104 cm³/mol. The maximum Gasteiger partial charge on any atom is 0.230 e. The molecule has 138 valence electrons. The Hall–Kier alpha value is -1.72. The number of carbonyl (C=O) groups excluding carboxylic acids is 1. The molecule has 1 atom stereocenters. The zero-order valence-corrected chi connectivity index (χ0v) is 16.3. The molecule has 2 aromatic carbocycles. The number of fused-ring (bicyclic) bond motifs is 1. The van der Waals surface area contributed by atoms with Gasteiger partial charge in [-0.15, -0.1) is 11.8 Å². The van der Waals surface area contributed by atoms with Crippen LogP contribution in [0.1, 0.15) is 37.4 Å². The molecular weight excluding hydrogens is 373 g/mol. The second kappa shape index (κ2) is 7.89. The molecule has 0 spiro atoms. The highest BCUT2D eigenvalue weighted by Crippen LogP contribution is 2.39. The summed E-state index contributed by atoms with van der Waals surface area (Å²) in [7, 11) is 0. The molecule has 3 nitrogen and oxygen atoms in total. The number of hydrogen-bond acceptors (Lipinski definition) is 3. The first-order valence-electron chi connectivity index (χ1n) is 8.44. The standard InChI is InChI=1S/C20H21ClFNO2S/c1-20(2)10-17(13-6-3-4-9-18(13)25-20)23-19(24)12-26-11-14-15(21)7-5-8-16(14)22/h3-9,17H,10-12H2,1-2H3,(H,23,24). The van der Waals surface area contributed by atoms with E-state index in [0.717, 1.165) is 11.3 Å². The number of rotatable bonds is 5. The quantitative estimate of drug-likeness (QED) is 0.765. The zero-order chi connectivity index (χ0) is 18.7. The van der Waals surface area contributed by atoms with Gasteiger partial charge in [-0.05, 0) is 32.0 Å². The van der Waals surface area contributed by atoms with Crippen molar-refractivity contribution in [3.63, 3.8) is 0 Å². The highest BCUT2D eigenvalue weighted by molar-refractivity contribution is 7.99. The van der Waals surface area contributed by atoms with Crippen LogP contribution in [0.5, 0.6) is 5.75 Å².